The molecular weight excluding hydrogens is 479 g/mol. The fourth-order valence-corrected chi connectivity index (χ4v) is 4.53. The molecule has 1 aromatic heterocycles. The second kappa shape index (κ2) is 10.1. The van der Waals surface area contributed by atoms with Gasteiger partial charge in [0.05, 0.1) is 11.1 Å². The minimum atomic E-state index is -0.295. The molecule has 0 aliphatic heterocycles. The number of carbonyl (C=O) groups is 1. The SMILES string of the molecule is CN=C(NCC1(C(=O)N(C)C)CCCC1)NC1CCc2cn(C(C)C)nc2C1.I. The van der Waals surface area contributed by atoms with Crippen molar-refractivity contribution in [1.82, 2.24) is 25.3 Å². The lowest BCUT2D eigenvalue weighted by molar-refractivity contribution is -0.138. The highest BCUT2D eigenvalue weighted by Crippen LogP contribution is 2.38. The highest BCUT2D eigenvalue weighted by atomic mass is 127. The van der Waals surface area contributed by atoms with E-state index in [0.717, 1.165) is 50.9 Å². The normalized spacial score (nSPS) is 20.8. The zero-order valence-corrected chi connectivity index (χ0v) is 20.8. The number of carbonyl (C=O) groups excluding carboxylic acids is 1. The van der Waals surface area contributed by atoms with Crippen LogP contribution < -0.4 is 10.6 Å². The van der Waals surface area contributed by atoms with Crippen molar-refractivity contribution in [3.63, 3.8) is 0 Å². The number of amides is 1. The molecule has 29 heavy (non-hydrogen) atoms. The van der Waals surface area contributed by atoms with Crippen molar-refractivity contribution in [2.75, 3.05) is 27.7 Å². The van der Waals surface area contributed by atoms with Crippen molar-refractivity contribution in [1.29, 1.82) is 0 Å². The van der Waals surface area contributed by atoms with Gasteiger partial charge in [0.15, 0.2) is 5.96 Å². The predicted octanol–water partition coefficient (Wildman–Crippen LogP) is 2.75. The maximum atomic E-state index is 12.8. The van der Waals surface area contributed by atoms with Crippen LogP contribution in [0.25, 0.3) is 0 Å². The molecule has 1 heterocycles. The third-order valence-corrected chi connectivity index (χ3v) is 6.21. The summed E-state index contributed by atoms with van der Waals surface area (Å²) >= 11 is 0. The Balaban J connectivity index is 0.00000300. The molecule has 0 spiro atoms. The van der Waals surface area contributed by atoms with E-state index < -0.39 is 0 Å². The number of fused-ring (bicyclic) bond motifs is 1. The third kappa shape index (κ3) is 5.44. The molecule has 1 fully saturated rings. The van der Waals surface area contributed by atoms with Gasteiger partial charge < -0.3 is 15.5 Å². The van der Waals surface area contributed by atoms with E-state index in [1.54, 1.807) is 11.9 Å². The zero-order valence-electron chi connectivity index (χ0n) is 18.5. The molecular formula is C21H37IN6O. The number of aromatic nitrogens is 2. The Morgan fingerprint density at radius 3 is 2.66 bits per heavy atom. The van der Waals surface area contributed by atoms with Crippen LogP contribution in [0.15, 0.2) is 11.2 Å². The van der Waals surface area contributed by atoms with E-state index in [0.29, 0.717) is 18.6 Å². The van der Waals surface area contributed by atoms with E-state index in [9.17, 15) is 4.79 Å². The number of nitrogens with zero attached hydrogens (tertiary/aromatic N) is 4. The van der Waals surface area contributed by atoms with Crippen LogP contribution in [-0.2, 0) is 17.6 Å². The van der Waals surface area contributed by atoms with Gasteiger partial charge in [-0.1, -0.05) is 12.8 Å². The van der Waals surface area contributed by atoms with Gasteiger partial charge in [-0.25, -0.2) is 0 Å². The smallest absolute Gasteiger partial charge is 0.230 e. The molecule has 164 valence electrons. The molecule has 1 unspecified atom stereocenters. The van der Waals surface area contributed by atoms with E-state index in [1.165, 1.54) is 11.3 Å². The topological polar surface area (TPSA) is 74.6 Å². The zero-order chi connectivity index (χ0) is 20.3. The van der Waals surface area contributed by atoms with Crippen LogP contribution >= 0.6 is 24.0 Å². The number of hydrogen-bond acceptors (Lipinski definition) is 3. The van der Waals surface area contributed by atoms with Crippen LogP contribution in [0.1, 0.15) is 63.3 Å². The first-order chi connectivity index (χ1) is 13.3. The van der Waals surface area contributed by atoms with E-state index >= 15 is 0 Å². The first kappa shape index (κ1) is 24.0. The monoisotopic (exact) mass is 516 g/mol. The molecule has 2 aliphatic rings. The minimum absolute atomic E-state index is 0. The summed E-state index contributed by atoms with van der Waals surface area (Å²) in [6, 6.07) is 0.710. The van der Waals surface area contributed by atoms with Crippen LogP contribution in [0.4, 0.5) is 0 Å². The molecule has 1 saturated carbocycles. The molecule has 1 amide bonds. The number of nitrogens with one attached hydrogen (secondary N) is 2. The molecule has 1 atom stereocenters. The first-order valence-electron chi connectivity index (χ1n) is 10.6. The summed E-state index contributed by atoms with van der Waals surface area (Å²) in [7, 11) is 5.50. The molecule has 0 radical (unpaired) electrons. The number of hydrogen-bond donors (Lipinski definition) is 2. The Labute approximate surface area is 192 Å². The molecule has 2 N–H and O–H groups in total. The van der Waals surface area contributed by atoms with Gasteiger partial charge in [0, 0.05) is 52.4 Å². The number of guanidine groups is 1. The van der Waals surface area contributed by atoms with Crippen molar-refractivity contribution < 1.29 is 4.79 Å². The summed E-state index contributed by atoms with van der Waals surface area (Å²) in [6.07, 6.45) is 9.37. The van der Waals surface area contributed by atoms with Gasteiger partial charge in [-0.05, 0) is 45.1 Å². The van der Waals surface area contributed by atoms with Crippen LogP contribution in [0.2, 0.25) is 0 Å². The number of halogens is 1. The number of aryl methyl sites for hydroxylation is 1. The number of aliphatic imine (C=N–C) groups is 1. The average Bonchev–Trinajstić information content (AvgIpc) is 3.31. The van der Waals surface area contributed by atoms with Gasteiger partial charge in [0.1, 0.15) is 0 Å². The van der Waals surface area contributed by atoms with Crippen molar-refractivity contribution in [3.05, 3.63) is 17.5 Å². The van der Waals surface area contributed by atoms with E-state index in [4.69, 9.17) is 5.10 Å². The Morgan fingerprint density at radius 1 is 1.38 bits per heavy atom. The second-order valence-corrected chi connectivity index (χ2v) is 8.87. The fraction of sp³-hybridized carbons (Fsp3) is 0.762. The number of rotatable bonds is 5. The summed E-state index contributed by atoms with van der Waals surface area (Å²) in [5.41, 5.74) is 2.27. The summed E-state index contributed by atoms with van der Waals surface area (Å²) in [4.78, 5) is 18.9. The summed E-state index contributed by atoms with van der Waals surface area (Å²) in [5, 5.41) is 11.8. The average molecular weight is 516 g/mol. The van der Waals surface area contributed by atoms with Crippen molar-refractivity contribution in [2.24, 2.45) is 10.4 Å². The molecule has 0 saturated heterocycles. The Kier molecular flexibility index (Phi) is 8.37. The van der Waals surface area contributed by atoms with Gasteiger partial charge in [0.25, 0.3) is 0 Å². The van der Waals surface area contributed by atoms with E-state index in [2.05, 4.69) is 40.4 Å². The Hall–Kier alpha value is -1.32. The molecule has 3 rings (SSSR count). The molecule has 8 heteroatoms. The van der Waals surface area contributed by atoms with Crippen LogP contribution in [0.5, 0.6) is 0 Å². The highest BCUT2D eigenvalue weighted by Gasteiger charge is 2.42. The molecule has 7 nitrogen and oxygen atoms in total. The third-order valence-electron chi connectivity index (χ3n) is 6.21. The Morgan fingerprint density at radius 2 is 2.07 bits per heavy atom. The lowest BCUT2D eigenvalue weighted by Gasteiger charge is -2.32. The maximum Gasteiger partial charge on any atom is 0.230 e. The van der Waals surface area contributed by atoms with Gasteiger partial charge >= 0.3 is 0 Å². The van der Waals surface area contributed by atoms with Gasteiger partial charge in [0.2, 0.25) is 5.91 Å². The maximum absolute atomic E-state index is 12.8. The van der Waals surface area contributed by atoms with Gasteiger partial charge in [-0.2, -0.15) is 5.10 Å². The molecule has 1 aromatic rings. The van der Waals surface area contributed by atoms with Gasteiger partial charge in [-0.15, -0.1) is 24.0 Å². The lowest BCUT2D eigenvalue weighted by Crippen LogP contribution is -2.51. The van der Waals surface area contributed by atoms with Crippen LogP contribution in [-0.4, -0.2) is 60.3 Å². The standard InChI is InChI=1S/C21H36N6O.HI/c1-15(2)27-13-16-8-9-17(12-18(16)25-27)24-20(22-3)23-14-21(10-6-7-11-21)19(28)26(4)5;/h13,15,17H,6-12,14H2,1-5H3,(H2,22,23,24);1H. The first-order valence-corrected chi connectivity index (χ1v) is 10.6. The fourth-order valence-electron chi connectivity index (χ4n) is 4.53. The van der Waals surface area contributed by atoms with Crippen molar-refractivity contribution in [2.45, 2.75) is 70.9 Å². The highest BCUT2D eigenvalue weighted by molar-refractivity contribution is 14.0. The Bertz CT molecular complexity index is 721. The molecule has 0 bridgehead atoms. The molecule has 0 aromatic carbocycles. The summed E-state index contributed by atoms with van der Waals surface area (Å²) in [5.74, 6) is 1.02. The second-order valence-electron chi connectivity index (χ2n) is 8.87. The van der Waals surface area contributed by atoms with Crippen LogP contribution in [0.3, 0.4) is 0 Å². The summed E-state index contributed by atoms with van der Waals surface area (Å²) in [6.45, 7) is 4.96. The molecule has 2 aliphatic carbocycles. The predicted molar refractivity (Wildman–Crippen MR) is 128 cm³/mol. The van der Waals surface area contributed by atoms with E-state index in [1.807, 2.05) is 14.1 Å². The van der Waals surface area contributed by atoms with Crippen molar-refractivity contribution in [3.8, 4) is 0 Å². The lowest BCUT2D eigenvalue weighted by atomic mass is 9.84. The summed E-state index contributed by atoms with van der Waals surface area (Å²) < 4.78 is 2.07. The van der Waals surface area contributed by atoms with Crippen LogP contribution in [0, 0.1) is 5.41 Å². The van der Waals surface area contributed by atoms with Crippen molar-refractivity contribution >= 4 is 35.8 Å². The largest absolute Gasteiger partial charge is 0.355 e. The minimum Gasteiger partial charge on any atom is -0.355 e. The van der Waals surface area contributed by atoms with Gasteiger partial charge in [-0.3, -0.25) is 14.5 Å². The quantitative estimate of drug-likeness (QED) is 0.359. The van der Waals surface area contributed by atoms with E-state index in [-0.39, 0.29) is 35.3 Å².